The summed E-state index contributed by atoms with van der Waals surface area (Å²) in [5.41, 5.74) is -12.4. The molecule has 1 rings (SSSR count). The number of halogens is 10. The largest absolute Gasteiger partial charge is 0.479 e. The maximum absolute atomic E-state index is 13.4. The van der Waals surface area contributed by atoms with Crippen molar-refractivity contribution in [3.8, 4) is 0 Å². The highest BCUT2D eigenvalue weighted by atomic mass is 19.4. The predicted octanol–water partition coefficient (Wildman–Crippen LogP) is 3.06. The molecule has 20 heavy (non-hydrogen) atoms. The van der Waals surface area contributed by atoms with Crippen LogP contribution in [0.5, 0.6) is 0 Å². The standard InChI is InChI=1S/C8H4F10O2/c1-3(9)5(11,12)4(10,2(19)20)7(15,16)8(17,18)6(3,13)14/h1H3,(H,19,20). The molecule has 0 bridgehead atoms. The Bertz CT molecular complexity index is 424. The van der Waals surface area contributed by atoms with Crippen LogP contribution in [0, 0.1) is 0 Å². The molecule has 0 spiro atoms. The summed E-state index contributed by atoms with van der Waals surface area (Å²) in [6.07, 6.45) is 0. The van der Waals surface area contributed by atoms with E-state index in [2.05, 4.69) is 0 Å². The van der Waals surface area contributed by atoms with E-state index in [1.807, 2.05) is 0 Å². The third-order valence-corrected chi connectivity index (χ3v) is 3.13. The van der Waals surface area contributed by atoms with Gasteiger partial charge >= 0.3 is 35.3 Å². The Labute approximate surface area is 103 Å². The zero-order valence-electron chi connectivity index (χ0n) is 9.14. The second-order valence-electron chi connectivity index (χ2n) is 4.26. The molecule has 0 amide bonds. The van der Waals surface area contributed by atoms with Crippen LogP contribution in [0.2, 0.25) is 0 Å². The first-order valence-corrected chi connectivity index (χ1v) is 4.57. The fraction of sp³-hybridized carbons (Fsp3) is 0.875. The molecule has 2 atom stereocenters. The molecule has 1 aliphatic carbocycles. The molecule has 118 valence electrons. The number of rotatable bonds is 1. The van der Waals surface area contributed by atoms with Gasteiger partial charge in [-0.15, -0.1) is 0 Å². The lowest BCUT2D eigenvalue weighted by atomic mass is 9.67. The number of carboxylic acid groups (broad SMARTS) is 1. The van der Waals surface area contributed by atoms with Gasteiger partial charge in [0.2, 0.25) is 5.67 Å². The Kier molecular flexibility index (Phi) is 2.95. The van der Waals surface area contributed by atoms with Crippen LogP contribution in [0.3, 0.4) is 0 Å². The molecule has 0 aromatic carbocycles. The third kappa shape index (κ3) is 1.21. The van der Waals surface area contributed by atoms with Crippen LogP contribution >= 0.6 is 0 Å². The lowest BCUT2D eigenvalue weighted by molar-refractivity contribution is -0.450. The molecule has 0 aliphatic heterocycles. The minimum Gasteiger partial charge on any atom is -0.479 e. The summed E-state index contributed by atoms with van der Waals surface area (Å²) in [6.45, 7) is -0.979. The topological polar surface area (TPSA) is 37.3 Å². The molecule has 1 fully saturated rings. The molecule has 1 saturated carbocycles. The fourth-order valence-electron chi connectivity index (χ4n) is 1.69. The summed E-state index contributed by atoms with van der Waals surface area (Å²) in [6, 6.07) is 0. The SMILES string of the molecule is CC1(F)C(F)(F)C(F)(F)C(F)(F)C(F)(C(=O)O)C1(F)F. The van der Waals surface area contributed by atoms with Crippen LogP contribution in [-0.4, -0.2) is 46.1 Å². The number of hydrogen-bond acceptors (Lipinski definition) is 1. The average molecular weight is 322 g/mol. The molecule has 12 heteroatoms. The van der Waals surface area contributed by atoms with Crippen LogP contribution in [0.15, 0.2) is 0 Å². The summed E-state index contributed by atoms with van der Waals surface area (Å²) in [5, 5.41) is 8.02. The van der Waals surface area contributed by atoms with Gasteiger partial charge < -0.3 is 5.11 Å². The highest BCUT2D eigenvalue weighted by Crippen LogP contribution is 2.68. The lowest BCUT2D eigenvalue weighted by Crippen LogP contribution is -2.85. The Morgan fingerprint density at radius 3 is 1.35 bits per heavy atom. The summed E-state index contributed by atoms with van der Waals surface area (Å²) in [5.74, 6) is -31.3. The van der Waals surface area contributed by atoms with Crippen molar-refractivity contribution in [1.29, 1.82) is 0 Å². The number of carbonyl (C=O) groups is 1. The maximum Gasteiger partial charge on any atom is 0.379 e. The monoisotopic (exact) mass is 322 g/mol. The maximum atomic E-state index is 13.4. The number of carboxylic acids is 1. The summed E-state index contributed by atoms with van der Waals surface area (Å²) in [4.78, 5) is 10.2. The Balaban J connectivity index is 3.88. The van der Waals surface area contributed by atoms with Gasteiger partial charge in [0.05, 0.1) is 0 Å². The van der Waals surface area contributed by atoms with E-state index in [0.717, 1.165) is 0 Å². The van der Waals surface area contributed by atoms with E-state index < -0.39 is 47.9 Å². The lowest BCUT2D eigenvalue weighted by Gasteiger charge is -2.52. The molecular weight excluding hydrogens is 318 g/mol. The average Bonchev–Trinajstić information content (AvgIpc) is 2.24. The van der Waals surface area contributed by atoms with Crippen molar-refractivity contribution in [2.75, 3.05) is 0 Å². The van der Waals surface area contributed by atoms with Gasteiger partial charge in [0.1, 0.15) is 0 Å². The highest BCUT2D eigenvalue weighted by molar-refractivity contribution is 5.82. The molecule has 0 heterocycles. The first kappa shape index (κ1) is 16.8. The first-order chi connectivity index (χ1) is 8.44. The minimum absolute atomic E-state index is 0.979. The second kappa shape index (κ2) is 3.50. The normalized spacial score (nSPS) is 41.1. The van der Waals surface area contributed by atoms with Gasteiger partial charge in [0.15, 0.2) is 0 Å². The summed E-state index contributed by atoms with van der Waals surface area (Å²) < 4.78 is 131. The highest BCUT2D eigenvalue weighted by Gasteiger charge is 3.00. The summed E-state index contributed by atoms with van der Waals surface area (Å²) in [7, 11) is 0. The molecule has 0 aromatic rings. The fourth-order valence-corrected chi connectivity index (χ4v) is 1.69. The molecule has 2 unspecified atom stereocenters. The van der Waals surface area contributed by atoms with Crippen molar-refractivity contribution >= 4 is 5.97 Å². The second-order valence-corrected chi connectivity index (χ2v) is 4.26. The van der Waals surface area contributed by atoms with Crippen LogP contribution in [0.4, 0.5) is 43.9 Å². The van der Waals surface area contributed by atoms with Crippen LogP contribution < -0.4 is 0 Å². The molecular formula is C8H4F10O2. The van der Waals surface area contributed by atoms with Crippen LogP contribution in [-0.2, 0) is 4.79 Å². The summed E-state index contributed by atoms with van der Waals surface area (Å²) >= 11 is 0. The molecule has 2 nitrogen and oxygen atoms in total. The van der Waals surface area contributed by atoms with E-state index in [9.17, 15) is 48.7 Å². The van der Waals surface area contributed by atoms with E-state index >= 15 is 0 Å². The molecule has 0 saturated heterocycles. The Morgan fingerprint density at radius 1 is 0.700 bits per heavy atom. The first-order valence-electron chi connectivity index (χ1n) is 4.57. The number of aliphatic carboxylic acids is 1. The zero-order chi connectivity index (χ0) is 16.6. The smallest absolute Gasteiger partial charge is 0.379 e. The molecule has 0 radical (unpaired) electrons. The van der Waals surface area contributed by atoms with E-state index in [1.54, 1.807) is 0 Å². The van der Waals surface area contributed by atoms with Crippen molar-refractivity contribution in [2.24, 2.45) is 0 Å². The van der Waals surface area contributed by atoms with Crippen molar-refractivity contribution in [3.05, 3.63) is 0 Å². The number of hydrogen-bond donors (Lipinski definition) is 1. The quantitative estimate of drug-likeness (QED) is 0.754. The van der Waals surface area contributed by atoms with Crippen molar-refractivity contribution in [3.63, 3.8) is 0 Å². The van der Waals surface area contributed by atoms with E-state index in [4.69, 9.17) is 5.11 Å². The van der Waals surface area contributed by atoms with Crippen molar-refractivity contribution in [1.82, 2.24) is 0 Å². The van der Waals surface area contributed by atoms with Gasteiger partial charge in [-0.2, -0.15) is 35.1 Å². The van der Waals surface area contributed by atoms with E-state index in [1.165, 1.54) is 0 Å². The van der Waals surface area contributed by atoms with Gasteiger partial charge in [-0.3, -0.25) is 0 Å². The van der Waals surface area contributed by atoms with Crippen LogP contribution in [0.25, 0.3) is 0 Å². The minimum atomic E-state index is -7.07. The van der Waals surface area contributed by atoms with Crippen molar-refractivity contribution in [2.45, 2.75) is 42.0 Å². The molecule has 1 N–H and O–H groups in total. The molecule has 0 aromatic heterocycles. The van der Waals surface area contributed by atoms with Gasteiger partial charge in [-0.25, -0.2) is 13.6 Å². The van der Waals surface area contributed by atoms with E-state index in [0.29, 0.717) is 0 Å². The van der Waals surface area contributed by atoms with Gasteiger partial charge in [0.25, 0.3) is 0 Å². The Morgan fingerprint density at radius 2 is 1.05 bits per heavy atom. The molecule has 1 aliphatic rings. The van der Waals surface area contributed by atoms with Crippen molar-refractivity contribution < 1.29 is 53.8 Å². The predicted molar refractivity (Wildman–Crippen MR) is 40.8 cm³/mol. The van der Waals surface area contributed by atoms with Gasteiger partial charge in [-0.05, 0) is 6.92 Å². The third-order valence-electron chi connectivity index (χ3n) is 3.13. The Hall–Kier alpha value is -1.23. The van der Waals surface area contributed by atoms with E-state index in [-0.39, 0.29) is 0 Å². The van der Waals surface area contributed by atoms with Gasteiger partial charge in [0, 0.05) is 0 Å². The number of alkyl halides is 10. The van der Waals surface area contributed by atoms with Gasteiger partial charge in [-0.1, -0.05) is 0 Å². The zero-order valence-corrected chi connectivity index (χ0v) is 9.14. The van der Waals surface area contributed by atoms with Crippen LogP contribution in [0.1, 0.15) is 6.92 Å².